The Hall–Kier alpha value is -1.70. The SMILES string of the molecule is O=C1CCC(NCC(O)COCc2ccco2)C(=O)N1. The van der Waals surface area contributed by atoms with Gasteiger partial charge >= 0.3 is 0 Å². The molecule has 0 radical (unpaired) electrons. The molecule has 0 saturated carbocycles. The Morgan fingerprint density at radius 2 is 2.40 bits per heavy atom. The zero-order chi connectivity index (χ0) is 14.4. The molecule has 0 aromatic carbocycles. The third-order valence-corrected chi connectivity index (χ3v) is 2.97. The number of imide groups is 1. The van der Waals surface area contributed by atoms with E-state index in [-0.39, 0.29) is 25.0 Å². The van der Waals surface area contributed by atoms with Crippen LogP contribution in [0.2, 0.25) is 0 Å². The van der Waals surface area contributed by atoms with Crippen LogP contribution in [0.25, 0.3) is 0 Å². The molecule has 7 nitrogen and oxygen atoms in total. The number of carbonyl (C=O) groups excluding carboxylic acids is 2. The van der Waals surface area contributed by atoms with Crippen molar-refractivity contribution < 1.29 is 23.8 Å². The predicted molar refractivity (Wildman–Crippen MR) is 68.5 cm³/mol. The first-order valence-electron chi connectivity index (χ1n) is 6.50. The van der Waals surface area contributed by atoms with Gasteiger partial charge < -0.3 is 19.6 Å². The Morgan fingerprint density at radius 3 is 3.10 bits per heavy atom. The van der Waals surface area contributed by atoms with Gasteiger partial charge in [0.15, 0.2) is 0 Å². The van der Waals surface area contributed by atoms with Gasteiger partial charge in [-0.15, -0.1) is 0 Å². The summed E-state index contributed by atoms with van der Waals surface area (Å²) in [6, 6.07) is 3.11. The number of piperidine rings is 1. The Bertz CT molecular complexity index is 446. The summed E-state index contributed by atoms with van der Waals surface area (Å²) in [7, 11) is 0. The summed E-state index contributed by atoms with van der Waals surface area (Å²) < 4.78 is 10.4. The molecule has 7 heteroatoms. The zero-order valence-corrected chi connectivity index (χ0v) is 11.0. The molecule has 1 fully saturated rings. The molecule has 0 aliphatic carbocycles. The number of aliphatic hydroxyl groups excluding tert-OH is 1. The highest BCUT2D eigenvalue weighted by molar-refractivity contribution is 6.00. The Labute approximate surface area is 116 Å². The fourth-order valence-corrected chi connectivity index (χ4v) is 1.92. The molecule has 2 atom stereocenters. The van der Waals surface area contributed by atoms with Crippen LogP contribution in [0.3, 0.4) is 0 Å². The maximum atomic E-state index is 11.5. The van der Waals surface area contributed by atoms with E-state index >= 15 is 0 Å². The number of rotatable bonds is 7. The maximum absolute atomic E-state index is 11.5. The number of amides is 2. The van der Waals surface area contributed by atoms with Crippen molar-refractivity contribution >= 4 is 11.8 Å². The van der Waals surface area contributed by atoms with Gasteiger partial charge in [0.1, 0.15) is 12.4 Å². The van der Waals surface area contributed by atoms with Crippen molar-refractivity contribution in [3.05, 3.63) is 24.2 Å². The number of hydrogen-bond donors (Lipinski definition) is 3. The monoisotopic (exact) mass is 282 g/mol. The smallest absolute Gasteiger partial charge is 0.243 e. The first-order valence-corrected chi connectivity index (χ1v) is 6.50. The average Bonchev–Trinajstić information content (AvgIpc) is 2.91. The lowest BCUT2D eigenvalue weighted by molar-refractivity contribution is -0.134. The molecule has 1 aromatic rings. The highest BCUT2D eigenvalue weighted by Gasteiger charge is 2.26. The fourth-order valence-electron chi connectivity index (χ4n) is 1.92. The lowest BCUT2D eigenvalue weighted by Crippen LogP contribution is -2.52. The third kappa shape index (κ3) is 4.44. The standard InChI is InChI=1S/C13H18N2O5/c16-9(7-19-8-10-2-1-5-20-10)6-14-11-3-4-12(17)15-13(11)18/h1-2,5,9,11,14,16H,3-4,6-8H2,(H,15,17,18). The van der Waals surface area contributed by atoms with Crippen molar-refractivity contribution in [2.45, 2.75) is 31.6 Å². The topological polar surface area (TPSA) is 101 Å². The summed E-state index contributed by atoms with van der Waals surface area (Å²) in [4.78, 5) is 22.4. The zero-order valence-electron chi connectivity index (χ0n) is 11.0. The molecule has 110 valence electrons. The number of furan rings is 1. The average molecular weight is 282 g/mol. The van der Waals surface area contributed by atoms with Gasteiger partial charge in [-0.2, -0.15) is 0 Å². The minimum absolute atomic E-state index is 0.140. The minimum Gasteiger partial charge on any atom is -0.467 e. The van der Waals surface area contributed by atoms with E-state index in [2.05, 4.69) is 10.6 Å². The van der Waals surface area contributed by atoms with Gasteiger partial charge in [0.05, 0.1) is 25.0 Å². The van der Waals surface area contributed by atoms with Crippen molar-refractivity contribution in [1.82, 2.24) is 10.6 Å². The predicted octanol–water partition coefficient (Wildman–Crippen LogP) is -0.448. The highest BCUT2D eigenvalue weighted by Crippen LogP contribution is 2.05. The van der Waals surface area contributed by atoms with Gasteiger partial charge in [-0.3, -0.25) is 14.9 Å². The number of ether oxygens (including phenoxy) is 1. The van der Waals surface area contributed by atoms with Crippen LogP contribution < -0.4 is 10.6 Å². The molecule has 20 heavy (non-hydrogen) atoms. The summed E-state index contributed by atoms with van der Waals surface area (Å²) in [5.41, 5.74) is 0. The van der Waals surface area contributed by atoms with E-state index in [1.165, 1.54) is 0 Å². The van der Waals surface area contributed by atoms with Crippen molar-refractivity contribution in [2.24, 2.45) is 0 Å². The van der Waals surface area contributed by atoms with Crippen LogP contribution in [-0.4, -0.2) is 42.2 Å². The second-order valence-electron chi connectivity index (χ2n) is 4.66. The van der Waals surface area contributed by atoms with E-state index in [4.69, 9.17) is 9.15 Å². The molecule has 0 bridgehead atoms. The van der Waals surface area contributed by atoms with E-state index in [1.807, 2.05) is 0 Å². The molecule has 2 rings (SSSR count). The van der Waals surface area contributed by atoms with Crippen LogP contribution in [0.5, 0.6) is 0 Å². The van der Waals surface area contributed by atoms with Gasteiger partial charge in [0.2, 0.25) is 11.8 Å². The van der Waals surface area contributed by atoms with E-state index in [9.17, 15) is 14.7 Å². The lowest BCUT2D eigenvalue weighted by Gasteiger charge is -2.23. The molecule has 0 spiro atoms. The second kappa shape index (κ2) is 7.18. The Balaban J connectivity index is 1.61. The Kier molecular flexibility index (Phi) is 5.28. The minimum atomic E-state index is -0.726. The Morgan fingerprint density at radius 1 is 1.55 bits per heavy atom. The summed E-state index contributed by atoms with van der Waals surface area (Å²) in [5.74, 6) is 0.0932. The summed E-state index contributed by atoms with van der Waals surface area (Å²) in [6.45, 7) is 0.661. The molecule has 1 aromatic heterocycles. The first-order chi connectivity index (χ1) is 9.65. The van der Waals surface area contributed by atoms with Gasteiger partial charge in [-0.05, 0) is 18.6 Å². The number of nitrogens with one attached hydrogen (secondary N) is 2. The molecular weight excluding hydrogens is 264 g/mol. The first kappa shape index (κ1) is 14.7. The van der Waals surface area contributed by atoms with Gasteiger partial charge in [0, 0.05) is 13.0 Å². The fraction of sp³-hybridized carbons (Fsp3) is 0.538. The van der Waals surface area contributed by atoms with Crippen molar-refractivity contribution in [2.75, 3.05) is 13.2 Å². The van der Waals surface area contributed by atoms with Crippen LogP contribution in [-0.2, 0) is 20.9 Å². The normalized spacial score (nSPS) is 20.8. The molecule has 1 saturated heterocycles. The largest absolute Gasteiger partial charge is 0.467 e. The quantitative estimate of drug-likeness (QED) is 0.586. The van der Waals surface area contributed by atoms with Crippen molar-refractivity contribution in [1.29, 1.82) is 0 Å². The highest BCUT2D eigenvalue weighted by atomic mass is 16.5. The summed E-state index contributed by atoms with van der Waals surface area (Å²) in [5, 5.41) is 14.9. The molecule has 2 amide bonds. The van der Waals surface area contributed by atoms with Gasteiger partial charge in [-0.25, -0.2) is 0 Å². The summed E-state index contributed by atoms with van der Waals surface area (Å²) in [6.07, 6.45) is 1.59. The van der Waals surface area contributed by atoms with Crippen molar-refractivity contribution in [3.8, 4) is 0 Å². The van der Waals surface area contributed by atoms with Crippen LogP contribution in [0.1, 0.15) is 18.6 Å². The molecule has 2 unspecified atom stereocenters. The number of carbonyl (C=O) groups is 2. The molecule has 1 aliphatic rings. The molecular formula is C13H18N2O5. The van der Waals surface area contributed by atoms with E-state index in [0.29, 0.717) is 25.2 Å². The third-order valence-electron chi connectivity index (χ3n) is 2.97. The number of hydrogen-bond acceptors (Lipinski definition) is 6. The van der Waals surface area contributed by atoms with Gasteiger partial charge in [0.25, 0.3) is 0 Å². The maximum Gasteiger partial charge on any atom is 0.243 e. The van der Waals surface area contributed by atoms with Crippen LogP contribution in [0.4, 0.5) is 0 Å². The van der Waals surface area contributed by atoms with Crippen LogP contribution in [0, 0.1) is 0 Å². The molecule has 2 heterocycles. The summed E-state index contributed by atoms with van der Waals surface area (Å²) >= 11 is 0. The number of aliphatic hydroxyl groups is 1. The molecule has 1 aliphatic heterocycles. The van der Waals surface area contributed by atoms with Crippen molar-refractivity contribution in [3.63, 3.8) is 0 Å². The van der Waals surface area contributed by atoms with Crippen LogP contribution in [0.15, 0.2) is 22.8 Å². The van der Waals surface area contributed by atoms with Gasteiger partial charge in [-0.1, -0.05) is 0 Å². The van der Waals surface area contributed by atoms with E-state index in [1.54, 1.807) is 18.4 Å². The second-order valence-corrected chi connectivity index (χ2v) is 4.66. The molecule has 3 N–H and O–H groups in total. The van der Waals surface area contributed by atoms with E-state index in [0.717, 1.165) is 0 Å². The van der Waals surface area contributed by atoms with Crippen LogP contribution >= 0.6 is 0 Å². The lowest BCUT2D eigenvalue weighted by atomic mass is 10.1. The van der Waals surface area contributed by atoms with E-state index < -0.39 is 12.1 Å².